The van der Waals surface area contributed by atoms with Crippen molar-refractivity contribution in [2.45, 2.75) is 76.8 Å². The van der Waals surface area contributed by atoms with E-state index in [0.29, 0.717) is 12.0 Å². The maximum Gasteiger partial charge on any atom is 0.252 e. The summed E-state index contributed by atoms with van der Waals surface area (Å²) in [6.07, 6.45) is 12.6. The number of anilines is 3. The summed E-state index contributed by atoms with van der Waals surface area (Å²) < 4.78 is 1.90. The van der Waals surface area contributed by atoms with Crippen molar-refractivity contribution in [3.63, 3.8) is 0 Å². The first kappa shape index (κ1) is 26.3. The molecule has 1 aromatic carbocycles. The van der Waals surface area contributed by atoms with Crippen LogP contribution in [0.2, 0.25) is 0 Å². The van der Waals surface area contributed by atoms with Gasteiger partial charge >= 0.3 is 0 Å². The standard InChI is InChI=1S/C31H43N7O/c1-22-19-29(39)38(27-6-2-3-7-27)30-28(22)20-33-31(35-30)34-25-8-10-26(11-9-25)37-17-12-23(13-18-37)5-4-15-36-16-14-24(32)21-36/h8-11,19-20,23-24,27H,2-7,12-18,21,32H2,1H3,(H,33,34,35). The third kappa shape index (κ3) is 5.97. The highest BCUT2D eigenvalue weighted by atomic mass is 16.1. The molecular weight excluding hydrogens is 486 g/mol. The minimum atomic E-state index is 0.0426. The molecule has 8 nitrogen and oxygen atoms in total. The quantitative estimate of drug-likeness (QED) is 0.425. The maximum absolute atomic E-state index is 12.9. The molecule has 0 radical (unpaired) electrons. The van der Waals surface area contributed by atoms with Gasteiger partial charge in [0.25, 0.3) is 5.56 Å². The van der Waals surface area contributed by atoms with Gasteiger partial charge < -0.3 is 20.9 Å². The summed E-state index contributed by atoms with van der Waals surface area (Å²) in [4.78, 5) is 27.4. The number of hydrogen-bond donors (Lipinski definition) is 2. The SMILES string of the molecule is Cc1cc(=O)n(C2CCCC2)c2nc(Nc3ccc(N4CCC(CCCN5CCC(N)C5)CC4)cc3)ncc12. The number of benzene rings is 1. The molecule has 3 N–H and O–H groups in total. The lowest BCUT2D eigenvalue weighted by molar-refractivity contribution is 0.297. The smallest absolute Gasteiger partial charge is 0.252 e. The second-order valence-electron chi connectivity index (χ2n) is 12.0. The normalized spacial score (nSPS) is 21.3. The first-order valence-corrected chi connectivity index (χ1v) is 15.0. The number of piperidine rings is 1. The summed E-state index contributed by atoms with van der Waals surface area (Å²) in [5.41, 5.74) is 9.99. The highest BCUT2D eigenvalue weighted by Gasteiger charge is 2.23. The fraction of sp³-hybridized carbons (Fsp3) is 0.581. The van der Waals surface area contributed by atoms with Crippen LogP contribution in [-0.2, 0) is 0 Å². The van der Waals surface area contributed by atoms with Crippen molar-refractivity contribution in [1.29, 1.82) is 0 Å². The zero-order chi connectivity index (χ0) is 26.8. The van der Waals surface area contributed by atoms with Crippen molar-refractivity contribution in [1.82, 2.24) is 19.4 Å². The topological polar surface area (TPSA) is 92.3 Å². The Labute approximate surface area is 231 Å². The van der Waals surface area contributed by atoms with Crippen LogP contribution >= 0.6 is 0 Å². The number of hydrogen-bond acceptors (Lipinski definition) is 7. The summed E-state index contributed by atoms with van der Waals surface area (Å²) in [5.74, 6) is 1.37. The van der Waals surface area contributed by atoms with E-state index in [2.05, 4.69) is 44.4 Å². The Hall–Kier alpha value is -2.97. The van der Waals surface area contributed by atoms with E-state index in [1.165, 1.54) is 57.3 Å². The Bertz CT molecular complexity index is 1320. The number of nitrogens with zero attached hydrogens (tertiary/aromatic N) is 5. The van der Waals surface area contributed by atoms with Crippen molar-refractivity contribution in [2.75, 3.05) is 42.9 Å². The molecule has 1 saturated carbocycles. The molecule has 2 aliphatic heterocycles. The Morgan fingerprint density at radius 1 is 1.03 bits per heavy atom. The molecule has 208 valence electrons. The molecule has 8 heteroatoms. The molecule has 2 aromatic heterocycles. The largest absolute Gasteiger partial charge is 0.372 e. The average molecular weight is 530 g/mol. The number of nitrogens with two attached hydrogens (primary N) is 1. The van der Waals surface area contributed by atoms with Gasteiger partial charge in [-0.1, -0.05) is 12.8 Å². The number of aromatic nitrogens is 3. The number of fused-ring (bicyclic) bond motifs is 1. The van der Waals surface area contributed by atoms with E-state index in [1.807, 2.05) is 17.7 Å². The number of pyridine rings is 1. The fourth-order valence-electron chi connectivity index (χ4n) is 6.88. The molecule has 0 amide bonds. The number of nitrogens with one attached hydrogen (secondary N) is 1. The third-order valence-electron chi connectivity index (χ3n) is 9.19. The molecule has 6 rings (SSSR count). The Balaban J connectivity index is 1.06. The predicted molar refractivity (Wildman–Crippen MR) is 159 cm³/mol. The van der Waals surface area contributed by atoms with Gasteiger partial charge in [-0.05, 0) is 101 Å². The van der Waals surface area contributed by atoms with Gasteiger partial charge in [-0.15, -0.1) is 0 Å². The molecular formula is C31H43N7O. The van der Waals surface area contributed by atoms with Crippen LogP contribution in [0.1, 0.15) is 69.4 Å². The summed E-state index contributed by atoms with van der Waals surface area (Å²) in [6.45, 7) is 7.68. The monoisotopic (exact) mass is 529 g/mol. The minimum Gasteiger partial charge on any atom is -0.372 e. The molecule has 1 aliphatic carbocycles. The van der Waals surface area contributed by atoms with Crippen LogP contribution in [0.4, 0.5) is 17.3 Å². The van der Waals surface area contributed by atoms with Gasteiger partial charge in [-0.2, -0.15) is 4.98 Å². The predicted octanol–water partition coefficient (Wildman–Crippen LogP) is 4.99. The van der Waals surface area contributed by atoms with Crippen LogP contribution in [0.25, 0.3) is 11.0 Å². The second-order valence-corrected chi connectivity index (χ2v) is 12.0. The lowest BCUT2D eigenvalue weighted by Crippen LogP contribution is -2.34. The van der Waals surface area contributed by atoms with Gasteiger partial charge in [-0.25, -0.2) is 4.98 Å². The van der Waals surface area contributed by atoms with Crippen LogP contribution in [0.3, 0.4) is 0 Å². The Morgan fingerprint density at radius 3 is 2.51 bits per heavy atom. The molecule has 1 atom stereocenters. The molecule has 2 saturated heterocycles. The summed E-state index contributed by atoms with van der Waals surface area (Å²) in [7, 11) is 0. The fourth-order valence-corrected chi connectivity index (χ4v) is 6.88. The molecule has 4 heterocycles. The lowest BCUT2D eigenvalue weighted by Gasteiger charge is -2.34. The Kier molecular flexibility index (Phi) is 7.84. The van der Waals surface area contributed by atoms with Crippen LogP contribution in [-0.4, -0.2) is 58.2 Å². The van der Waals surface area contributed by atoms with Crippen molar-refractivity contribution >= 4 is 28.4 Å². The van der Waals surface area contributed by atoms with Crippen LogP contribution in [0, 0.1) is 12.8 Å². The number of aryl methyl sites for hydroxylation is 1. The zero-order valence-electron chi connectivity index (χ0n) is 23.3. The third-order valence-corrected chi connectivity index (χ3v) is 9.19. The number of rotatable bonds is 8. The van der Waals surface area contributed by atoms with Crippen molar-refractivity contribution in [2.24, 2.45) is 11.7 Å². The average Bonchev–Trinajstić information content (AvgIpc) is 3.62. The molecule has 3 aliphatic rings. The Morgan fingerprint density at radius 2 is 1.79 bits per heavy atom. The van der Waals surface area contributed by atoms with Gasteiger partial charge in [0.05, 0.1) is 0 Å². The van der Waals surface area contributed by atoms with E-state index in [-0.39, 0.29) is 11.6 Å². The van der Waals surface area contributed by atoms with Gasteiger partial charge in [-0.3, -0.25) is 9.36 Å². The molecule has 0 spiro atoms. The van der Waals surface area contributed by atoms with Crippen molar-refractivity contribution in [3.05, 3.63) is 52.4 Å². The van der Waals surface area contributed by atoms with E-state index in [4.69, 9.17) is 10.7 Å². The maximum atomic E-state index is 12.9. The molecule has 1 unspecified atom stereocenters. The van der Waals surface area contributed by atoms with E-state index in [0.717, 1.165) is 67.1 Å². The second kappa shape index (κ2) is 11.6. The molecule has 3 fully saturated rings. The highest BCUT2D eigenvalue weighted by Crippen LogP contribution is 2.32. The first-order chi connectivity index (χ1) is 19.0. The van der Waals surface area contributed by atoms with Crippen LogP contribution in [0.15, 0.2) is 41.3 Å². The van der Waals surface area contributed by atoms with Crippen LogP contribution < -0.4 is 21.5 Å². The molecule has 39 heavy (non-hydrogen) atoms. The molecule has 0 bridgehead atoms. The van der Waals surface area contributed by atoms with Gasteiger partial charge in [0.1, 0.15) is 5.65 Å². The first-order valence-electron chi connectivity index (χ1n) is 15.0. The molecule has 3 aromatic rings. The summed E-state index contributed by atoms with van der Waals surface area (Å²) in [5, 5.41) is 4.32. The van der Waals surface area contributed by atoms with Gasteiger partial charge in [0.2, 0.25) is 5.95 Å². The summed E-state index contributed by atoms with van der Waals surface area (Å²) in [6, 6.07) is 10.9. The van der Waals surface area contributed by atoms with E-state index < -0.39 is 0 Å². The van der Waals surface area contributed by atoms with E-state index >= 15 is 0 Å². The summed E-state index contributed by atoms with van der Waals surface area (Å²) >= 11 is 0. The van der Waals surface area contributed by atoms with Crippen LogP contribution in [0.5, 0.6) is 0 Å². The van der Waals surface area contributed by atoms with E-state index in [9.17, 15) is 4.79 Å². The highest BCUT2D eigenvalue weighted by molar-refractivity contribution is 5.79. The zero-order valence-corrected chi connectivity index (χ0v) is 23.3. The van der Waals surface area contributed by atoms with Gasteiger partial charge in [0, 0.05) is 60.7 Å². The van der Waals surface area contributed by atoms with E-state index in [1.54, 1.807) is 6.07 Å². The minimum absolute atomic E-state index is 0.0426. The number of likely N-dealkylation sites (tertiary alicyclic amines) is 1. The van der Waals surface area contributed by atoms with Crippen molar-refractivity contribution < 1.29 is 0 Å². The van der Waals surface area contributed by atoms with Crippen molar-refractivity contribution in [3.8, 4) is 0 Å². The van der Waals surface area contributed by atoms with Gasteiger partial charge in [0.15, 0.2) is 0 Å². The lowest BCUT2D eigenvalue weighted by atomic mass is 9.92.